The standard InChI is InChI=1S/C22H23FN2O5P/c23-19-7-4-17(5-8-19)22-18(14-24-30-22)6-11-21(26)25-20-9-2-16(3-10-20)15-31(27)28-12-1-13-29-31/h2-5,7-10,14,27H,1,6,11-13,15H2,(H,25,26). The highest BCUT2D eigenvalue weighted by Crippen LogP contribution is 2.61. The van der Waals surface area contributed by atoms with Gasteiger partial charge in [-0.15, -0.1) is 0 Å². The fourth-order valence-electron chi connectivity index (χ4n) is 3.28. The van der Waals surface area contributed by atoms with Gasteiger partial charge in [-0.2, -0.15) is 0 Å². The molecule has 0 unspecified atom stereocenters. The van der Waals surface area contributed by atoms with Gasteiger partial charge in [0.2, 0.25) is 13.9 Å². The van der Waals surface area contributed by atoms with Crippen molar-refractivity contribution in [1.29, 1.82) is 0 Å². The monoisotopic (exact) mass is 445 g/mol. The maximum atomic E-state index is 13.1. The molecule has 0 bridgehead atoms. The molecule has 2 N–H and O–H groups in total. The van der Waals surface area contributed by atoms with Gasteiger partial charge in [-0.1, -0.05) is 17.3 Å². The summed E-state index contributed by atoms with van der Waals surface area (Å²) < 4.78 is 29.3. The number of benzene rings is 2. The van der Waals surface area contributed by atoms with Crippen LogP contribution in [0.25, 0.3) is 11.3 Å². The van der Waals surface area contributed by atoms with E-state index >= 15 is 0 Å². The van der Waals surface area contributed by atoms with Crippen LogP contribution < -0.4 is 5.32 Å². The van der Waals surface area contributed by atoms with Crippen LogP contribution in [0.4, 0.5) is 10.1 Å². The van der Waals surface area contributed by atoms with E-state index in [1.54, 1.807) is 30.5 Å². The first-order valence-electron chi connectivity index (χ1n) is 9.99. The molecule has 9 heteroatoms. The zero-order chi connectivity index (χ0) is 21.7. The Bertz CT molecular complexity index is 1020. The number of aromatic nitrogens is 1. The Morgan fingerprint density at radius 1 is 1.10 bits per heavy atom. The molecule has 163 valence electrons. The average Bonchev–Trinajstić information content (AvgIpc) is 3.23. The van der Waals surface area contributed by atoms with Gasteiger partial charge in [0, 0.05) is 23.2 Å². The van der Waals surface area contributed by atoms with Crippen LogP contribution in [0.3, 0.4) is 0 Å². The third-order valence-electron chi connectivity index (χ3n) is 4.87. The molecule has 0 atom stereocenters. The number of carbonyl (C=O) groups is 1. The number of hydrogen-bond donors (Lipinski definition) is 2. The maximum Gasteiger partial charge on any atom is 0.235 e. The first-order valence-corrected chi connectivity index (χ1v) is 11.8. The largest absolute Gasteiger partial charge is 0.356 e. The van der Waals surface area contributed by atoms with Crippen molar-refractivity contribution in [2.45, 2.75) is 25.4 Å². The van der Waals surface area contributed by atoms with Gasteiger partial charge >= 0.3 is 0 Å². The van der Waals surface area contributed by atoms with Crippen molar-refractivity contribution in [3.8, 4) is 11.3 Å². The Balaban J connectivity index is 1.30. The Hall–Kier alpha value is -2.64. The third kappa shape index (κ3) is 5.74. The van der Waals surface area contributed by atoms with Gasteiger partial charge < -0.3 is 23.8 Å². The second-order valence-corrected chi connectivity index (χ2v) is 9.36. The van der Waals surface area contributed by atoms with E-state index in [1.165, 1.54) is 12.1 Å². The summed E-state index contributed by atoms with van der Waals surface area (Å²) in [5.41, 5.74) is 3.03. The minimum atomic E-state index is -2.82. The number of anilines is 1. The molecular formula is C22H23FN2O5P. The molecule has 2 heterocycles. The van der Waals surface area contributed by atoms with Gasteiger partial charge in [0.25, 0.3) is 0 Å². The third-order valence-corrected chi connectivity index (χ3v) is 6.80. The molecule has 7 nitrogen and oxygen atoms in total. The van der Waals surface area contributed by atoms with Crippen molar-refractivity contribution in [3.63, 3.8) is 0 Å². The molecule has 1 radical (unpaired) electrons. The minimum Gasteiger partial charge on any atom is -0.356 e. The molecule has 1 aliphatic heterocycles. The number of nitrogens with one attached hydrogen (secondary N) is 1. The molecule has 1 fully saturated rings. The highest BCUT2D eigenvalue weighted by atomic mass is 31.2. The van der Waals surface area contributed by atoms with Crippen LogP contribution in [-0.2, 0) is 26.4 Å². The summed E-state index contributed by atoms with van der Waals surface area (Å²) in [5.74, 6) is 0.0553. The van der Waals surface area contributed by atoms with E-state index in [-0.39, 0.29) is 18.1 Å². The second kappa shape index (κ2) is 9.66. The lowest BCUT2D eigenvalue weighted by Crippen LogP contribution is -2.14. The van der Waals surface area contributed by atoms with Crippen molar-refractivity contribution >= 4 is 19.5 Å². The van der Waals surface area contributed by atoms with Crippen LogP contribution in [0.15, 0.2) is 59.3 Å². The van der Waals surface area contributed by atoms with Crippen molar-refractivity contribution in [1.82, 2.24) is 5.16 Å². The van der Waals surface area contributed by atoms with Crippen LogP contribution in [0.1, 0.15) is 24.0 Å². The van der Waals surface area contributed by atoms with E-state index in [9.17, 15) is 14.1 Å². The van der Waals surface area contributed by atoms with E-state index in [0.717, 1.165) is 17.5 Å². The fraction of sp³-hybridized carbons (Fsp3) is 0.273. The molecule has 1 aromatic heterocycles. The molecule has 1 saturated heterocycles. The summed E-state index contributed by atoms with van der Waals surface area (Å²) in [5, 5.41) is 6.66. The first-order chi connectivity index (χ1) is 15.0. The predicted molar refractivity (Wildman–Crippen MR) is 115 cm³/mol. The lowest BCUT2D eigenvalue weighted by atomic mass is 10.1. The Labute approximate surface area is 179 Å². The van der Waals surface area contributed by atoms with Gasteiger partial charge in [0.05, 0.1) is 25.6 Å². The number of nitrogens with zero attached hydrogens (tertiary/aromatic N) is 1. The van der Waals surface area contributed by atoms with Crippen molar-refractivity contribution < 1.29 is 27.6 Å². The fourth-order valence-corrected chi connectivity index (χ4v) is 5.03. The quantitative estimate of drug-likeness (QED) is 0.510. The molecule has 1 amide bonds. The lowest BCUT2D eigenvalue weighted by Gasteiger charge is -2.32. The van der Waals surface area contributed by atoms with E-state index < -0.39 is 7.94 Å². The maximum absolute atomic E-state index is 13.1. The van der Waals surface area contributed by atoms with Gasteiger partial charge in [-0.25, -0.2) is 4.39 Å². The molecule has 3 aromatic rings. The van der Waals surface area contributed by atoms with Crippen LogP contribution in [0.5, 0.6) is 0 Å². The van der Waals surface area contributed by atoms with Crippen molar-refractivity contribution in [2.75, 3.05) is 18.5 Å². The van der Waals surface area contributed by atoms with Crippen LogP contribution in [0.2, 0.25) is 0 Å². The normalized spacial score (nSPS) is 15.5. The molecule has 2 aromatic carbocycles. The predicted octanol–water partition coefficient (Wildman–Crippen LogP) is 4.74. The van der Waals surface area contributed by atoms with Crippen LogP contribution in [0, 0.1) is 5.82 Å². The molecule has 1 aliphatic rings. The Morgan fingerprint density at radius 2 is 1.81 bits per heavy atom. The van der Waals surface area contributed by atoms with Gasteiger partial charge in [0.1, 0.15) is 5.82 Å². The Morgan fingerprint density at radius 3 is 2.52 bits per heavy atom. The van der Waals surface area contributed by atoms with E-state index in [4.69, 9.17) is 13.6 Å². The molecule has 31 heavy (non-hydrogen) atoms. The van der Waals surface area contributed by atoms with Gasteiger partial charge in [-0.3, -0.25) is 4.79 Å². The molecule has 0 aliphatic carbocycles. The molecule has 4 rings (SSSR count). The topological polar surface area (TPSA) is 93.8 Å². The SMILES string of the molecule is O=C(CCc1cnoc1-c1ccc(F)cc1)Nc1ccc(C[P]2(O)OCCCO2)cc1. The first kappa shape index (κ1) is 21.6. The smallest absolute Gasteiger partial charge is 0.235 e. The average molecular weight is 445 g/mol. The summed E-state index contributed by atoms with van der Waals surface area (Å²) >= 11 is 0. The number of aryl methyl sites for hydroxylation is 1. The summed E-state index contributed by atoms with van der Waals surface area (Å²) in [6.07, 6.45) is 3.36. The highest BCUT2D eigenvalue weighted by molar-refractivity contribution is 7.59. The number of rotatable bonds is 7. The summed E-state index contributed by atoms with van der Waals surface area (Å²) in [4.78, 5) is 22.8. The number of hydrogen-bond acceptors (Lipinski definition) is 6. The summed E-state index contributed by atoms with van der Waals surface area (Å²) in [6, 6.07) is 13.2. The lowest BCUT2D eigenvalue weighted by molar-refractivity contribution is -0.116. The second-order valence-electron chi connectivity index (χ2n) is 7.25. The Kier molecular flexibility index (Phi) is 6.73. The molecule has 0 saturated carbocycles. The van der Waals surface area contributed by atoms with E-state index in [2.05, 4.69) is 10.5 Å². The molecular weight excluding hydrogens is 422 g/mol. The molecule has 0 spiro atoms. The minimum absolute atomic E-state index is 0.149. The zero-order valence-electron chi connectivity index (χ0n) is 16.8. The number of carbonyl (C=O) groups excluding carboxylic acids is 1. The summed E-state index contributed by atoms with van der Waals surface area (Å²) in [7, 11) is -2.82. The highest BCUT2D eigenvalue weighted by Gasteiger charge is 2.30. The van der Waals surface area contributed by atoms with E-state index in [1.807, 2.05) is 12.1 Å². The number of halogens is 1. The van der Waals surface area contributed by atoms with Gasteiger partial charge in [0.15, 0.2) is 5.76 Å². The number of amides is 1. The van der Waals surface area contributed by atoms with Crippen LogP contribution in [-0.4, -0.2) is 29.2 Å². The van der Waals surface area contributed by atoms with E-state index in [0.29, 0.717) is 42.8 Å². The van der Waals surface area contributed by atoms with Crippen LogP contribution >= 0.6 is 7.94 Å². The zero-order valence-corrected chi connectivity index (χ0v) is 17.7. The van der Waals surface area contributed by atoms with Crippen molar-refractivity contribution in [2.24, 2.45) is 0 Å². The summed E-state index contributed by atoms with van der Waals surface area (Å²) in [6.45, 7) is 1.01. The van der Waals surface area contributed by atoms with Crippen molar-refractivity contribution in [3.05, 3.63) is 71.7 Å². The van der Waals surface area contributed by atoms with Gasteiger partial charge in [-0.05, 0) is 54.8 Å².